The molecule has 88 valence electrons. The molecule has 2 unspecified atom stereocenters. The van der Waals surface area contributed by atoms with E-state index in [0.717, 1.165) is 24.7 Å². The van der Waals surface area contributed by atoms with Gasteiger partial charge in [-0.2, -0.15) is 0 Å². The van der Waals surface area contributed by atoms with Crippen LogP contribution in [0.2, 0.25) is 0 Å². The fourth-order valence-electron chi connectivity index (χ4n) is 2.89. The zero-order valence-electron chi connectivity index (χ0n) is 10.5. The van der Waals surface area contributed by atoms with Crippen molar-refractivity contribution in [2.75, 3.05) is 6.61 Å². The molecule has 0 aromatic heterocycles. The van der Waals surface area contributed by atoms with Crippen LogP contribution in [0.3, 0.4) is 0 Å². The number of ether oxygens (including phenoxy) is 1. The number of esters is 1. The predicted octanol–water partition coefficient (Wildman–Crippen LogP) is 3.40. The molecule has 2 nitrogen and oxygen atoms in total. The van der Waals surface area contributed by atoms with Crippen LogP contribution in [0.5, 0.6) is 0 Å². The molecule has 2 aliphatic rings. The lowest BCUT2D eigenvalue weighted by atomic mass is 9.77. The lowest BCUT2D eigenvalue weighted by molar-refractivity contribution is -0.154. The van der Waals surface area contributed by atoms with Crippen molar-refractivity contribution in [2.24, 2.45) is 17.3 Å². The lowest BCUT2D eigenvalue weighted by Gasteiger charge is -2.29. The van der Waals surface area contributed by atoms with Gasteiger partial charge < -0.3 is 4.74 Å². The third kappa shape index (κ3) is 2.35. The van der Waals surface area contributed by atoms with Gasteiger partial charge in [0.05, 0.1) is 12.0 Å². The van der Waals surface area contributed by atoms with Crippen LogP contribution in [0.1, 0.15) is 53.4 Å². The quantitative estimate of drug-likeness (QED) is 0.656. The van der Waals surface area contributed by atoms with Crippen LogP contribution in [-0.4, -0.2) is 12.6 Å². The summed E-state index contributed by atoms with van der Waals surface area (Å²) >= 11 is 0. The van der Waals surface area contributed by atoms with Crippen molar-refractivity contribution in [3.8, 4) is 0 Å². The molecule has 0 spiro atoms. The Morgan fingerprint density at radius 1 is 1.27 bits per heavy atom. The van der Waals surface area contributed by atoms with Crippen molar-refractivity contribution in [2.45, 2.75) is 53.4 Å². The second-order valence-electron chi connectivity index (χ2n) is 4.79. The van der Waals surface area contributed by atoms with E-state index < -0.39 is 0 Å². The molecule has 0 amide bonds. The van der Waals surface area contributed by atoms with Gasteiger partial charge in [-0.3, -0.25) is 4.79 Å². The van der Waals surface area contributed by atoms with Gasteiger partial charge >= 0.3 is 5.97 Å². The molecule has 0 aromatic carbocycles. The molecule has 0 aliphatic heterocycles. The summed E-state index contributed by atoms with van der Waals surface area (Å²) in [6.45, 7) is 8.47. The van der Waals surface area contributed by atoms with Gasteiger partial charge in [-0.1, -0.05) is 13.8 Å². The second kappa shape index (κ2) is 5.00. The summed E-state index contributed by atoms with van der Waals surface area (Å²) in [5.41, 5.74) is -0.151. The molecule has 0 aromatic rings. The van der Waals surface area contributed by atoms with Crippen molar-refractivity contribution < 1.29 is 9.53 Å². The highest BCUT2D eigenvalue weighted by atomic mass is 16.5. The van der Waals surface area contributed by atoms with E-state index in [9.17, 15) is 4.79 Å². The Bertz CT molecular complexity index is 211. The van der Waals surface area contributed by atoms with E-state index in [1.807, 2.05) is 20.8 Å². The van der Waals surface area contributed by atoms with Gasteiger partial charge in [-0.05, 0) is 51.4 Å². The monoisotopic (exact) mass is 212 g/mol. The maximum Gasteiger partial charge on any atom is 0.311 e. The smallest absolute Gasteiger partial charge is 0.311 e. The van der Waals surface area contributed by atoms with E-state index in [1.165, 1.54) is 12.8 Å². The van der Waals surface area contributed by atoms with Crippen LogP contribution in [-0.2, 0) is 9.53 Å². The van der Waals surface area contributed by atoms with Crippen molar-refractivity contribution in [3.05, 3.63) is 0 Å². The van der Waals surface area contributed by atoms with Gasteiger partial charge in [0, 0.05) is 0 Å². The maximum absolute atomic E-state index is 11.7. The molecule has 2 heteroatoms. The molecule has 0 bridgehead atoms. The van der Waals surface area contributed by atoms with E-state index >= 15 is 0 Å². The molecule has 0 N–H and O–H groups in total. The summed E-state index contributed by atoms with van der Waals surface area (Å²) in [6.07, 6.45) is 4.80. The standard InChI is InChI=1S/C11H18O2.C2H6/c1-3-13-10(12)11(2)6-8-4-5-9(8)7-11;1-2/h8-9H,3-7H2,1-2H3;1-2H3. The fourth-order valence-corrected chi connectivity index (χ4v) is 2.89. The Morgan fingerprint density at radius 3 is 2.07 bits per heavy atom. The van der Waals surface area contributed by atoms with Crippen molar-refractivity contribution in [1.29, 1.82) is 0 Å². The van der Waals surface area contributed by atoms with Gasteiger partial charge in [0.2, 0.25) is 0 Å². The molecule has 2 atom stereocenters. The molecule has 0 radical (unpaired) electrons. The van der Waals surface area contributed by atoms with Crippen molar-refractivity contribution >= 4 is 5.97 Å². The molecule has 0 saturated heterocycles. The Balaban J connectivity index is 0.000000531. The number of hydrogen-bond donors (Lipinski definition) is 0. The number of rotatable bonds is 2. The minimum atomic E-state index is -0.151. The van der Waals surface area contributed by atoms with Gasteiger partial charge in [0.1, 0.15) is 0 Å². The largest absolute Gasteiger partial charge is 0.466 e. The SMILES string of the molecule is CC.CCOC(=O)C1(C)CC2CCC2C1. The van der Waals surface area contributed by atoms with E-state index in [4.69, 9.17) is 4.74 Å². The molecule has 2 saturated carbocycles. The Labute approximate surface area is 93.4 Å². The molecule has 2 aliphatic carbocycles. The lowest BCUT2D eigenvalue weighted by Crippen LogP contribution is -2.27. The highest BCUT2D eigenvalue weighted by Gasteiger charge is 2.51. The van der Waals surface area contributed by atoms with Crippen LogP contribution in [0.15, 0.2) is 0 Å². The van der Waals surface area contributed by atoms with E-state index in [2.05, 4.69) is 6.92 Å². The zero-order chi connectivity index (χ0) is 11.5. The highest BCUT2D eigenvalue weighted by molar-refractivity contribution is 5.77. The summed E-state index contributed by atoms with van der Waals surface area (Å²) < 4.78 is 5.11. The zero-order valence-corrected chi connectivity index (χ0v) is 10.5. The van der Waals surface area contributed by atoms with Gasteiger partial charge in [-0.25, -0.2) is 0 Å². The third-order valence-electron chi connectivity index (χ3n) is 3.77. The fraction of sp³-hybridized carbons (Fsp3) is 0.923. The first-order valence-corrected chi connectivity index (χ1v) is 6.33. The number of carbonyl (C=O) groups excluding carboxylic acids is 1. The first-order valence-electron chi connectivity index (χ1n) is 6.33. The van der Waals surface area contributed by atoms with E-state index in [-0.39, 0.29) is 11.4 Å². The van der Waals surface area contributed by atoms with Crippen LogP contribution in [0, 0.1) is 17.3 Å². The minimum Gasteiger partial charge on any atom is -0.466 e. The summed E-state index contributed by atoms with van der Waals surface area (Å²) in [4.78, 5) is 11.7. The topological polar surface area (TPSA) is 26.3 Å². The molecular weight excluding hydrogens is 188 g/mol. The van der Waals surface area contributed by atoms with Crippen molar-refractivity contribution in [3.63, 3.8) is 0 Å². The predicted molar refractivity (Wildman–Crippen MR) is 61.5 cm³/mol. The van der Waals surface area contributed by atoms with Crippen molar-refractivity contribution in [1.82, 2.24) is 0 Å². The summed E-state index contributed by atoms with van der Waals surface area (Å²) in [5, 5.41) is 0. The van der Waals surface area contributed by atoms with Crippen LogP contribution in [0.4, 0.5) is 0 Å². The molecular formula is C13H24O2. The van der Waals surface area contributed by atoms with Crippen LogP contribution < -0.4 is 0 Å². The summed E-state index contributed by atoms with van der Waals surface area (Å²) in [6, 6.07) is 0. The molecule has 0 heterocycles. The van der Waals surface area contributed by atoms with E-state index in [0.29, 0.717) is 6.61 Å². The van der Waals surface area contributed by atoms with Gasteiger partial charge in [0.15, 0.2) is 0 Å². The summed E-state index contributed by atoms with van der Waals surface area (Å²) in [5.74, 6) is 1.69. The first-order chi connectivity index (χ1) is 7.15. The van der Waals surface area contributed by atoms with E-state index in [1.54, 1.807) is 0 Å². The maximum atomic E-state index is 11.7. The number of fused-ring (bicyclic) bond motifs is 1. The number of hydrogen-bond acceptors (Lipinski definition) is 2. The highest BCUT2D eigenvalue weighted by Crippen LogP contribution is 2.55. The second-order valence-corrected chi connectivity index (χ2v) is 4.79. The normalized spacial score (nSPS) is 37.1. The Kier molecular flexibility index (Phi) is 4.18. The third-order valence-corrected chi connectivity index (χ3v) is 3.77. The Morgan fingerprint density at radius 2 is 1.73 bits per heavy atom. The van der Waals surface area contributed by atoms with Gasteiger partial charge in [0.25, 0.3) is 0 Å². The molecule has 15 heavy (non-hydrogen) atoms. The van der Waals surface area contributed by atoms with Crippen LogP contribution >= 0.6 is 0 Å². The van der Waals surface area contributed by atoms with Crippen LogP contribution in [0.25, 0.3) is 0 Å². The minimum absolute atomic E-state index is 0.0319. The first kappa shape index (κ1) is 12.5. The van der Waals surface area contributed by atoms with Gasteiger partial charge in [-0.15, -0.1) is 0 Å². The molecule has 2 rings (SSSR count). The molecule has 2 fully saturated rings. The summed E-state index contributed by atoms with van der Waals surface area (Å²) in [7, 11) is 0. The Hall–Kier alpha value is -0.530. The average molecular weight is 212 g/mol. The average Bonchev–Trinajstić information content (AvgIpc) is 2.46. The number of carbonyl (C=O) groups is 1.